The van der Waals surface area contributed by atoms with Crippen LogP contribution in [0.5, 0.6) is 0 Å². The topological polar surface area (TPSA) is 15.6 Å². The van der Waals surface area contributed by atoms with Gasteiger partial charge < -0.3 is 4.90 Å². The third kappa shape index (κ3) is 3.07. The second-order valence-corrected chi connectivity index (χ2v) is 6.08. The summed E-state index contributed by atoms with van der Waals surface area (Å²) in [5, 5.41) is 0. The zero-order valence-corrected chi connectivity index (χ0v) is 13.9. The van der Waals surface area contributed by atoms with E-state index < -0.39 is 0 Å². The molecule has 0 saturated carbocycles. The number of nitrogens with zero attached hydrogens (tertiary/aromatic N) is 2. The van der Waals surface area contributed by atoms with Gasteiger partial charge in [0.1, 0.15) is 6.17 Å². The van der Waals surface area contributed by atoms with Crippen molar-refractivity contribution in [3.05, 3.63) is 78.4 Å². The maximum absolute atomic E-state index is 5.06. The van der Waals surface area contributed by atoms with Crippen molar-refractivity contribution in [2.45, 2.75) is 38.9 Å². The van der Waals surface area contributed by atoms with Crippen molar-refractivity contribution in [1.82, 2.24) is 0 Å². The number of anilines is 1. The minimum Gasteiger partial charge on any atom is -0.334 e. The molecule has 2 nitrogen and oxygen atoms in total. The summed E-state index contributed by atoms with van der Waals surface area (Å²) >= 11 is 0. The van der Waals surface area contributed by atoms with Gasteiger partial charge >= 0.3 is 0 Å². The van der Waals surface area contributed by atoms with E-state index in [2.05, 4.69) is 79.9 Å². The van der Waals surface area contributed by atoms with Gasteiger partial charge in [0.2, 0.25) is 0 Å². The molecular formula is C21H24N2. The molecule has 0 amide bonds. The van der Waals surface area contributed by atoms with Crippen LogP contribution in [0.25, 0.3) is 0 Å². The van der Waals surface area contributed by atoms with Crippen molar-refractivity contribution in [3.8, 4) is 0 Å². The maximum Gasteiger partial charge on any atom is 0.147 e. The third-order valence-electron chi connectivity index (χ3n) is 4.35. The molecule has 0 N–H and O–H groups in total. The first-order valence-electron chi connectivity index (χ1n) is 8.33. The fourth-order valence-corrected chi connectivity index (χ4v) is 3.20. The van der Waals surface area contributed by atoms with Gasteiger partial charge in [0, 0.05) is 11.4 Å². The first-order chi connectivity index (χ1) is 11.2. The zero-order valence-electron chi connectivity index (χ0n) is 13.9. The van der Waals surface area contributed by atoms with Crippen LogP contribution in [0.2, 0.25) is 0 Å². The van der Waals surface area contributed by atoms with E-state index in [1.54, 1.807) is 0 Å². The minimum absolute atomic E-state index is 0.0301. The first kappa shape index (κ1) is 15.5. The van der Waals surface area contributed by atoms with E-state index in [0.717, 1.165) is 12.8 Å². The molecule has 0 aromatic heterocycles. The molecule has 118 valence electrons. The van der Waals surface area contributed by atoms with Gasteiger partial charge in [-0.1, -0.05) is 67.4 Å². The predicted octanol–water partition coefficient (Wildman–Crippen LogP) is 5.31. The lowest BCUT2D eigenvalue weighted by Gasteiger charge is -2.30. The Balaban J connectivity index is 2.05. The Morgan fingerprint density at radius 1 is 1.09 bits per heavy atom. The van der Waals surface area contributed by atoms with E-state index in [1.807, 2.05) is 6.08 Å². The fourth-order valence-electron chi connectivity index (χ4n) is 3.20. The Labute approximate surface area is 139 Å². The Bertz CT molecular complexity index is 686. The van der Waals surface area contributed by atoms with E-state index in [-0.39, 0.29) is 12.2 Å². The van der Waals surface area contributed by atoms with Crippen LogP contribution in [0, 0.1) is 6.92 Å². The van der Waals surface area contributed by atoms with Crippen molar-refractivity contribution in [2.24, 2.45) is 4.99 Å². The molecule has 2 heteroatoms. The van der Waals surface area contributed by atoms with E-state index in [0.29, 0.717) is 0 Å². The van der Waals surface area contributed by atoms with Crippen LogP contribution in [-0.4, -0.2) is 11.8 Å². The predicted molar refractivity (Wildman–Crippen MR) is 99.2 cm³/mol. The van der Waals surface area contributed by atoms with Crippen LogP contribution in [0.15, 0.2) is 72.2 Å². The first-order valence-corrected chi connectivity index (χ1v) is 8.33. The average Bonchev–Trinajstić information content (AvgIpc) is 2.95. The number of hydrogen-bond acceptors (Lipinski definition) is 2. The lowest BCUT2D eigenvalue weighted by Crippen LogP contribution is -2.35. The molecule has 1 aliphatic rings. The van der Waals surface area contributed by atoms with Gasteiger partial charge in [0.05, 0.1) is 6.04 Å². The van der Waals surface area contributed by atoms with E-state index >= 15 is 0 Å². The molecule has 0 aliphatic carbocycles. The summed E-state index contributed by atoms with van der Waals surface area (Å²) in [4.78, 5) is 7.44. The van der Waals surface area contributed by atoms with Gasteiger partial charge in [-0.2, -0.15) is 0 Å². The van der Waals surface area contributed by atoms with Gasteiger partial charge in [-0.25, -0.2) is 0 Å². The lowest BCUT2D eigenvalue weighted by atomic mass is 10.1. The number of rotatable bonds is 5. The van der Waals surface area contributed by atoms with E-state index in [1.165, 1.54) is 22.5 Å². The third-order valence-corrected chi connectivity index (χ3v) is 4.35. The highest BCUT2D eigenvalue weighted by Crippen LogP contribution is 2.37. The standard InChI is InChI=1S/C21H24N2/c1-4-9-19-20(5-2)23(18-10-7-6-8-11-18)21(22-19)17-14-12-16(3)13-15-17/h5-8,10-15,20-21H,2,4,9H2,1,3H3. The molecule has 0 spiro atoms. The van der Waals surface area contributed by atoms with Gasteiger partial charge in [-0.05, 0) is 31.0 Å². The quantitative estimate of drug-likeness (QED) is 0.683. The maximum atomic E-state index is 5.06. The van der Waals surface area contributed by atoms with Crippen molar-refractivity contribution < 1.29 is 0 Å². The summed E-state index contributed by atoms with van der Waals surface area (Å²) in [5.41, 5.74) is 4.93. The second kappa shape index (κ2) is 6.82. The monoisotopic (exact) mass is 304 g/mol. The highest BCUT2D eigenvalue weighted by Gasteiger charge is 2.34. The van der Waals surface area contributed by atoms with E-state index in [4.69, 9.17) is 4.99 Å². The van der Waals surface area contributed by atoms with Crippen molar-refractivity contribution in [3.63, 3.8) is 0 Å². The summed E-state index contributed by atoms with van der Waals surface area (Å²) in [7, 11) is 0. The summed E-state index contributed by atoms with van der Waals surface area (Å²) in [6, 6.07) is 19.4. The van der Waals surface area contributed by atoms with E-state index in [9.17, 15) is 0 Å². The normalized spacial score (nSPS) is 20.4. The largest absolute Gasteiger partial charge is 0.334 e. The SMILES string of the molecule is C=CC1C(CCC)=NC(c2ccc(C)cc2)N1c1ccccc1. The molecule has 0 fully saturated rings. The molecule has 1 heterocycles. The van der Waals surface area contributed by atoms with Crippen LogP contribution in [-0.2, 0) is 0 Å². The number of hydrogen-bond donors (Lipinski definition) is 0. The molecule has 0 radical (unpaired) electrons. The summed E-state index contributed by atoms with van der Waals surface area (Å²) in [6.45, 7) is 8.39. The van der Waals surface area contributed by atoms with Gasteiger partial charge in [-0.15, -0.1) is 6.58 Å². The molecule has 2 atom stereocenters. The fraction of sp³-hybridized carbons (Fsp3) is 0.286. The number of aryl methyl sites for hydroxylation is 1. The molecular weight excluding hydrogens is 280 g/mol. The molecule has 3 rings (SSSR count). The highest BCUT2D eigenvalue weighted by molar-refractivity contribution is 5.96. The van der Waals surface area contributed by atoms with Crippen molar-refractivity contribution >= 4 is 11.4 Å². The molecule has 1 aliphatic heterocycles. The van der Waals surface area contributed by atoms with Crippen LogP contribution >= 0.6 is 0 Å². The zero-order chi connectivity index (χ0) is 16.2. The van der Waals surface area contributed by atoms with Crippen LogP contribution in [0.3, 0.4) is 0 Å². The lowest BCUT2D eigenvalue weighted by molar-refractivity contribution is 0.696. The van der Waals surface area contributed by atoms with Gasteiger partial charge in [0.15, 0.2) is 0 Å². The smallest absolute Gasteiger partial charge is 0.147 e. The van der Waals surface area contributed by atoms with Crippen LogP contribution in [0.1, 0.15) is 37.1 Å². The molecule has 2 aromatic carbocycles. The highest BCUT2D eigenvalue weighted by atomic mass is 15.3. The summed E-state index contributed by atoms with van der Waals surface area (Å²) in [5.74, 6) is 0. The van der Waals surface area contributed by atoms with Gasteiger partial charge in [0.25, 0.3) is 0 Å². The van der Waals surface area contributed by atoms with Crippen LogP contribution in [0.4, 0.5) is 5.69 Å². The van der Waals surface area contributed by atoms with Crippen LogP contribution < -0.4 is 4.90 Å². The second-order valence-electron chi connectivity index (χ2n) is 6.08. The summed E-state index contributed by atoms with van der Waals surface area (Å²) in [6.07, 6.45) is 4.17. The number of benzene rings is 2. The Morgan fingerprint density at radius 3 is 2.39 bits per heavy atom. The number of aliphatic imine (C=N–C) groups is 1. The Morgan fingerprint density at radius 2 is 1.78 bits per heavy atom. The summed E-state index contributed by atoms with van der Waals surface area (Å²) < 4.78 is 0. The van der Waals surface area contributed by atoms with Crippen molar-refractivity contribution in [1.29, 1.82) is 0 Å². The average molecular weight is 304 g/mol. The molecule has 23 heavy (non-hydrogen) atoms. The Kier molecular flexibility index (Phi) is 4.61. The minimum atomic E-state index is 0.0301. The molecule has 0 saturated heterocycles. The van der Waals surface area contributed by atoms with Crippen molar-refractivity contribution in [2.75, 3.05) is 4.90 Å². The van der Waals surface area contributed by atoms with Gasteiger partial charge in [-0.3, -0.25) is 4.99 Å². The molecule has 0 bridgehead atoms. The molecule has 2 aromatic rings. The molecule has 2 unspecified atom stereocenters. The Hall–Kier alpha value is -2.35. The number of para-hydroxylation sites is 1.